The summed E-state index contributed by atoms with van der Waals surface area (Å²) in [7, 11) is -2.56. The van der Waals surface area contributed by atoms with E-state index in [9.17, 15) is 37.0 Å². The third kappa shape index (κ3) is 8.76. The molecule has 11 nitrogen and oxygen atoms in total. The largest absolute Gasteiger partial charge is 0.430 e. The Labute approximate surface area is 213 Å². The fraction of sp³-hybridized carbons (Fsp3) is 0.522. The van der Waals surface area contributed by atoms with Crippen LogP contribution in [0.5, 0.6) is 0 Å². The monoisotopic (exact) mass is 546 g/mol. The number of anilines is 1. The molecule has 0 aliphatic carbocycles. The zero-order valence-electron chi connectivity index (χ0n) is 20.9. The van der Waals surface area contributed by atoms with Crippen molar-refractivity contribution in [2.45, 2.75) is 63.8 Å². The van der Waals surface area contributed by atoms with Gasteiger partial charge in [-0.15, -0.1) is 0 Å². The first-order valence-electron chi connectivity index (χ1n) is 11.5. The smallest absolute Gasteiger partial charge is 0.311 e. The van der Waals surface area contributed by atoms with Crippen LogP contribution < -0.4 is 14.9 Å². The molecule has 0 saturated carbocycles. The number of hydrogen-bond acceptors (Lipinski definition) is 8. The maximum atomic E-state index is 13.8. The molecular weight excluding hydrogens is 514 g/mol. The van der Waals surface area contributed by atoms with E-state index in [-0.39, 0.29) is 23.7 Å². The van der Waals surface area contributed by atoms with Crippen LogP contribution in [-0.2, 0) is 21.2 Å². The number of aromatic nitrogens is 1. The van der Waals surface area contributed by atoms with Crippen molar-refractivity contribution in [1.82, 2.24) is 15.6 Å². The Balaban J connectivity index is 2.35. The number of aliphatic hydroxyl groups is 2. The van der Waals surface area contributed by atoms with E-state index in [0.29, 0.717) is 23.2 Å². The summed E-state index contributed by atoms with van der Waals surface area (Å²) in [5.74, 6) is -3.10. The van der Waals surface area contributed by atoms with Gasteiger partial charge in [0.05, 0.1) is 18.3 Å². The fourth-order valence-corrected chi connectivity index (χ4v) is 3.99. The normalized spacial score (nSPS) is 14.9. The van der Waals surface area contributed by atoms with E-state index in [4.69, 9.17) is 4.42 Å². The Hall–Kier alpha value is -3.10. The lowest BCUT2D eigenvalue weighted by molar-refractivity contribution is -0.121. The second kappa shape index (κ2) is 12.9. The molecule has 0 unspecified atom stereocenters. The quantitative estimate of drug-likeness (QED) is 0.290. The summed E-state index contributed by atoms with van der Waals surface area (Å²) in [6.45, 7) is 3.16. The number of rotatable bonds is 13. The number of aliphatic hydroxyl groups excluding tert-OH is 2. The summed E-state index contributed by atoms with van der Waals surface area (Å²) >= 11 is 0. The molecule has 0 aliphatic heterocycles. The van der Waals surface area contributed by atoms with Gasteiger partial charge in [-0.2, -0.15) is 4.98 Å². The molecule has 1 aromatic carbocycles. The zero-order chi connectivity index (χ0) is 27.9. The van der Waals surface area contributed by atoms with Crippen LogP contribution in [0.4, 0.5) is 14.8 Å². The maximum Gasteiger partial charge on any atom is 0.311 e. The Morgan fingerprint density at radius 2 is 1.70 bits per heavy atom. The highest BCUT2D eigenvalue weighted by Crippen LogP contribution is 2.19. The zero-order valence-corrected chi connectivity index (χ0v) is 21.8. The molecule has 0 spiro atoms. The van der Waals surface area contributed by atoms with Gasteiger partial charge in [0, 0.05) is 20.0 Å². The molecule has 4 N–H and O–H groups in total. The molecule has 0 saturated heterocycles. The van der Waals surface area contributed by atoms with Crippen LogP contribution in [0.1, 0.15) is 49.2 Å². The minimum atomic E-state index is -3.73. The topological polar surface area (TPSA) is 162 Å². The third-order valence-electron chi connectivity index (χ3n) is 5.62. The summed E-state index contributed by atoms with van der Waals surface area (Å²) in [5.41, 5.74) is -0.261. The predicted octanol–water partition coefficient (Wildman–Crippen LogP) is 1.11. The molecule has 37 heavy (non-hydrogen) atoms. The minimum absolute atomic E-state index is 0.0799. The fourth-order valence-electron chi connectivity index (χ4n) is 3.63. The Morgan fingerprint density at radius 3 is 2.24 bits per heavy atom. The van der Waals surface area contributed by atoms with Crippen molar-refractivity contribution in [3.63, 3.8) is 0 Å². The van der Waals surface area contributed by atoms with Crippen LogP contribution in [0, 0.1) is 11.6 Å². The number of benzene rings is 1. The molecule has 0 aliphatic rings. The first-order valence-corrected chi connectivity index (χ1v) is 13.4. The number of carbonyl (C=O) groups is 2. The molecule has 0 fully saturated rings. The van der Waals surface area contributed by atoms with Gasteiger partial charge in [-0.25, -0.2) is 21.5 Å². The average Bonchev–Trinajstić information content (AvgIpc) is 3.28. The Morgan fingerprint density at radius 1 is 1.11 bits per heavy atom. The number of amides is 2. The first-order chi connectivity index (χ1) is 17.2. The van der Waals surface area contributed by atoms with Gasteiger partial charge in [-0.05, 0) is 30.5 Å². The molecule has 1 heterocycles. The van der Waals surface area contributed by atoms with Gasteiger partial charge in [0.2, 0.25) is 15.9 Å². The lowest BCUT2D eigenvalue weighted by Gasteiger charge is -2.32. The van der Waals surface area contributed by atoms with Gasteiger partial charge in [0.25, 0.3) is 5.91 Å². The van der Waals surface area contributed by atoms with Crippen molar-refractivity contribution in [3.8, 4) is 0 Å². The lowest BCUT2D eigenvalue weighted by Crippen LogP contribution is -2.56. The highest BCUT2D eigenvalue weighted by molar-refractivity contribution is 7.92. The number of unbranched alkanes of at least 4 members (excludes halogenated alkanes) is 1. The van der Waals surface area contributed by atoms with Crippen molar-refractivity contribution in [2.24, 2.45) is 0 Å². The van der Waals surface area contributed by atoms with Crippen molar-refractivity contribution in [2.75, 3.05) is 17.6 Å². The van der Waals surface area contributed by atoms with Crippen LogP contribution in [0.15, 0.2) is 28.9 Å². The maximum absolute atomic E-state index is 13.8. The van der Waals surface area contributed by atoms with Crippen LogP contribution >= 0.6 is 0 Å². The number of sulfonamides is 1. The minimum Gasteiger partial charge on any atom is -0.430 e. The van der Waals surface area contributed by atoms with Crippen molar-refractivity contribution >= 4 is 27.9 Å². The average molecular weight is 547 g/mol. The summed E-state index contributed by atoms with van der Waals surface area (Å²) in [6, 6.07) is 0.141. The van der Waals surface area contributed by atoms with E-state index < -0.39 is 57.8 Å². The molecule has 14 heteroatoms. The molecule has 2 aromatic rings. The molecule has 4 atom stereocenters. The van der Waals surface area contributed by atoms with Crippen LogP contribution in [-0.4, -0.2) is 73.0 Å². The van der Waals surface area contributed by atoms with Crippen LogP contribution in [0.3, 0.4) is 0 Å². The molecule has 1 aromatic heterocycles. The molecular formula is C23H32F2N4O7S. The molecule has 2 amide bonds. The third-order valence-corrected chi connectivity index (χ3v) is 6.77. The standard InChI is InChI=1S/C23H32F2N4O7S/c1-5-6-7-17(26-13(2)30)20(31)21(32)18(10-14-8-15(24)11-16(25)9-14)27-22(33)19-12-36-23(28-19)29(3)37(4,34)35/h8-9,11-12,17-18,20-21,31-32H,5-7,10H2,1-4H3,(H,26,30)(H,27,33)/t17-,18+,20-,21-/m1/s1. The van der Waals surface area contributed by atoms with E-state index in [0.717, 1.165) is 31.1 Å². The number of hydrogen-bond donors (Lipinski definition) is 4. The van der Waals surface area contributed by atoms with Crippen molar-refractivity contribution in [3.05, 3.63) is 47.4 Å². The summed E-state index contributed by atoms with van der Waals surface area (Å²) in [6.07, 6.45) is -0.0321. The highest BCUT2D eigenvalue weighted by atomic mass is 32.2. The van der Waals surface area contributed by atoms with Gasteiger partial charge >= 0.3 is 6.01 Å². The van der Waals surface area contributed by atoms with Crippen molar-refractivity contribution in [1.29, 1.82) is 0 Å². The first kappa shape index (κ1) is 30.1. The van der Waals surface area contributed by atoms with E-state index in [1.54, 1.807) is 0 Å². The van der Waals surface area contributed by atoms with Gasteiger partial charge in [-0.3, -0.25) is 9.59 Å². The molecule has 0 bridgehead atoms. The predicted molar refractivity (Wildman–Crippen MR) is 130 cm³/mol. The number of oxazole rings is 1. The number of halogens is 2. The summed E-state index contributed by atoms with van der Waals surface area (Å²) < 4.78 is 56.7. The SMILES string of the molecule is CCCC[C@@H](NC(C)=O)[C@@H](O)[C@H](O)[C@H](Cc1cc(F)cc(F)c1)NC(=O)c1coc(N(C)S(C)(=O)=O)n1. The molecule has 0 radical (unpaired) electrons. The molecule has 206 valence electrons. The van der Waals surface area contributed by atoms with Crippen LogP contribution in [0.2, 0.25) is 0 Å². The van der Waals surface area contributed by atoms with Gasteiger partial charge in [0.15, 0.2) is 5.69 Å². The number of carbonyl (C=O) groups excluding carboxylic acids is 2. The van der Waals surface area contributed by atoms with Gasteiger partial charge < -0.3 is 25.3 Å². The van der Waals surface area contributed by atoms with E-state index in [2.05, 4.69) is 15.6 Å². The second-order valence-electron chi connectivity index (χ2n) is 8.74. The highest BCUT2D eigenvalue weighted by Gasteiger charge is 2.34. The summed E-state index contributed by atoms with van der Waals surface area (Å²) in [5, 5.41) is 26.9. The van der Waals surface area contributed by atoms with E-state index in [1.807, 2.05) is 6.92 Å². The second-order valence-corrected chi connectivity index (χ2v) is 10.8. The molecule has 2 rings (SSSR count). The Bertz CT molecular complexity index is 1170. The van der Waals surface area contributed by atoms with Gasteiger partial charge in [0.1, 0.15) is 30.1 Å². The van der Waals surface area contributed by atoms with Gasteiger partial charge in [-0.1, -0.05) is 19.8 Å². The number of nitrogens with zero attached hydrogens (tertiary/aromatic N) is 2. The van der Waals surface area contributed by atoms with E-state index in [1.165, 1.54) is 14.0 Å². The van der Waals surface area contributed by atoms with E-state index >= 15 is 0 Å². The Kier molecular flexibility index (Phi) is 10.5. The van der Waals surface area contributed by atoms with Crippen LogP contribution in [0.25, 0.3) is 0 Å². The lowest BCUT2D eigenvalue weighted by atomic mass is 9.91. The van der Waals surface area contributed by atoms with Crippen molar-refractivity contribution < 1.29 is 41.4 Å². The summed E-state index contributed by atoms with van der Waals surface area (Å²) in [4.78, 5) is 28.4. The number of nitrogens with one attached hydrogen (secondary N) is 2.